The molecule has 3 N–H and O–H groups in total. The summed E-state index contributed by atoms with van der Waals surface area (Å²) in [4.78, 5) is 11.9. The summed E-state index contributed by atoms with van der Waals surface area (Å²) in [7, 11) is 0. The molecule has 0 unspecified atom stereocenters. The van der Waals surface area contributed by atoms with Gasteiger partial charge < -0.3 is 10.7 Å². The Morgan fingerprint density at radius 2 is 2.25 bits per heavy atom. The second-order valence-electron chi connectivity index (χ2n) is 4.70. The lowest BCUT2D eigenvalue weighted by Gasteiger charge is -2.16. The zero-order valence-electron chi connectivity index (χ0n) is 9.42. The lowest BCUT2D eigenvalue weighted by molar-refractivity contribution is 0.472. The summed E-state index contributed by atoms with van der Waals surface area (Å²) in [5.41, 5.74) is 7.49. The van der Waals surface area contributed by atoms with E-state index in [2.05, 4.69) is 30.9 Å². The van der Waals surface area contributed by atoms with Crippen LogP contribution in [0.15, 0.2) is 16.7 Å². The summed E-state index contributed by atoms with van der Waals surface area (Å²) in [6.07, 6.45) is 3.49. The molecule has 0 amide bonds. The van der Waals surface area contributed by atoms with Crippen molar-refractivity contribution in [3.05, 3.63) is 22.6 Å². The van der Waals surface area contributed by atoms with Crippen molar-refractivity contribution in [3.8, 4) is 0 Å². The highest BCUT2D eigenvalue weighted by Gasteiger charge is 2.12. The molecule has 0 fully saturated rings. The number of aromatic amines is 1. The summed E-state index contributed by atoms with van der Waals surface area (Å²) >= 11 is 3.38. The molecule has 5 heteroatoms. The van der Waals surface area contributed by atoms with Crippen molar-refractivity contribution in [2.45, 2.75) is 32.2 Å². The first-order chi connectivity index (χ1) is 7.44. The molecule has 0 aromatic carbocycles. The number of hydrogen-bond donors (Lipinski definition) is 2. The molecule has 0 aliphatic carbocycles. The molecule has 0 atom stereocenters. The van der Waals surface area contributed by atoms with Crippen molar-refractivity contribution in [2.24, 2.45) is 5.73 Å². The number of imidazole rings is 1. The molecule has 2 aromatic heterocycles. The Morgan fingerprint density at radius 1 is 1.50 bits per heavy atom. The number of nitrogens with zero attached hydrogens (tertiary/aromatic N) is 2. The van der Waals surface area contributed by atoms with E-state index >= 15 is 0 Å². The minimum atomic E-state index is -0.160. The van der Waals surface area contributed by atoms with Crippen LogP contribution in [0, 0.1) is 0 Å². The third kappa shape index (κ3) is 2.80. The van der Waals surface area contributed by atoms with E-state index in [0.717, 1.165) is 34.3 Å². The number of fused-ring (bicyclic) bond motifs is 1. The van der Waals surface area contributed by atoms with Gasteiger partial charge in [-0.05, 0) is 42.3 Å². The van der Waals surface area contributed by atoms with Crippen molar-refractivity contribution in [1.29, 1.82) is 0 Å². The summed E-state index contributed by atoms with van der Waals surface area (Å²) in [6.45, 7) is 4.04. The standard InChI is InChI=1S/C11H15BrN4/c1-11(2,13)4-3-9-15-8-5-7(12)6-14-10(8)16-9/h5-6H,3-4,13H2,1-2H3,(H,14,15,16). The predicted octanol–water partition coefficient (Wildman–Crippen LogP) is 2.39. The van der Waals surface area contributed by atoms with Crippen LogP contribution in [0.2, 0.25) is 0 Å². The lowest BCUT2D eigenvalue weighted by Crippen LogP contribution is -2.32. The highest BCUT2D eigenvalue weighted by molar-refractivity contribution is 9.10. The van der Waals surface area contributed by atoms with Crippen molar-refractivity contribution in [3.63, 3.8) is 0 Å². The Morgan fingerprint density at radius 3 is 2.94 bits per heavy atom. The Balaban J connectivity index is 2.20. The molecular formula is C11H15BrN4. The van der Waals surface area contributed by atoms with E-state index in [1.165, 1.54) is 0 Å². The van der Waals surface area contributed by atoms with Gasteiger partial charge in [-0.25, -0.2) is 9.97 Å². The molecule has 2 heterocycles. The van der Waals surface area contributed by atoms with Gasteiger partial charge in [-0.15, -0.1) is 0 Å². The van der Waals surface area contributed by atoms with E-state index in [1.807, 2.05) is 19.9 Å². The maximum Gasteiger partial charge on any atom is 0.177 e. The molecule has 0 aliphatic heterocycles. The Labute approximate surface area is 103 Å². The van der Waals surface area contributed by atoms with Gasteiger partial charge in [0.1, 0.15) is 5.82 Å². The van der Waals surface area contributed by atoms with Gasteiger partial charge in [-0.1, -0.05) is 0 Å². The third-order valence-electron chi connectivity index (χ3n) is 2.36. The zero-order chi connectivity index (χ0) is 11.8. The number of halogens is 1. The van der Waals surface area contributed by atoms with Gasteiger partial charge in [-0.3, -0.25) is 0 Å². The van der Waals surface area contributed by atoms with E-state index in [9.17, 15) is 0 Å². The fraction of sp³-hybridized carbons (Fsp3) is 0.455. The van der Waals surface area contributed by atoms with E-state index in [1.54, 1.807) is 6.20 Å². The number of aromatic nitrogens is 3. The average molecular weight is 283 g/mol. The second kappa shape index (κ2) is 4.14. The number of H-pyrrole nitrogens is 1. The number of pyridine rings is 1. The molecule has 0 bridgehead atoms. The van der Waals surface area contributed by atoms with Gasteiger partial charge in [0.05, 0.1) is 5.52 Å². The first kappa shape index (κ1) is 11.5. The molecule has 2 aromatic rings. The number of nitrogens with two attached hydrogens (primary N) is 1. The summed E-state index contributed by atoms with van der Waals surface area (Å²) < 4.78 is 0.953. The van der Waals surface area contributed by atoms with Crippen molar-refractivity contribution in [2.75, 3.05) is 0 Å². The zero-order valence-corrected chi connectivity index (χ0v) is 11.0. The number of hydrogen-bond acceptors (Lipinski definition) is 3. The molecule has 2 rings (SSSR count). The third-order valence-corrected chi connectivity index (χ3v) is 2.79. The molecule has 0 aliphatic rings. The number of rotatable bonds is 3. The van der Waals surface area contributed by atoms with Crippen LogP contribution in [0.5, 0.6) is 0 Å². The van der Waals surface area contributed by atoms with Crippen LogP contribution >= 0.6 is 15.9 Å². The van der Waals surface area contributed by atoms with Crippen LogP contribution < -0.4 is 5.73 Å². The van der Waals surface area contributed by atoms with Crippen molar-refractivity contribution < 1.29 is 0 Å². The van der Waals surface area contributed by atoms with Crippen LogP contribution in [0.4, 0.5) is 0 Å². The summed E-state index contributed by atoms with van der Waals surface area (Å²) in [5.74, 6) is 0.944. The number of nitrogens with one attached hydrogen (secondary N) is 1. The molecule has 0 spiro atoms. The second-order valence-corrected chi connectivity index (χ2v) is 5.61. The van der Waals surface area contributed by atoms with E-state index in [-0.39, 0.29) is 5.54 Å². The highest BCUT2D eigenvalue weighted by Crippen LogP contribution is 2.16. The molecular weight excluding hydrogens is 268 g/mol. The minimum Gasteiger partial charge on any atom is -0.341 e. The first-order valence-corrected chi connectivity index (χ1v) is 6.02. The number of aryl methyl sites for hydroxylation is 1. The summed E-state index contributed by atoms with van der Waals surface area (Å²) in [6, 6.07) is 1.98. The largest absolute Gasteiger partial charge is 0.341 e. The normalized spacial score (nSPS) is 12.2. The van der Waals surface area contributed by atoms with Gasteiger partial charge in [0.25, 0.3) is 0 Å². The Hall–Kier alpha value is -0.940. The quantitative estimate of drug-likeness (QED) is 0.908. The maximum atomic E-state index is 5.94. The van der Waals surface area contributed by atoms with E-state index in [4.69, 9.17) is 5.73 Å². The Bertz CT molecular complexity index is 498. The highest BCUT2D eigenvalue weighted by atomic mass is 79.9. The van der Waals surface area contributed by atoms with Gasteiger partial charge >= 0.3 is 0 Å². The molecule has 0 saturated carbocycles. The maximum absolute atomic E-state index is 5.94. The predicted molar refractivity (Wildman–Crippen MR) is 68.2 cm³/mol. The van der Waals surface area contributed by atoms with Gasteiger partial charge in [-0.2, -0.15) is 0 Å². The first-order valence-electron chi connectivity index (χ1n) is 5.23. The van der Waals surface area contributed by atoms with E-state index in [0.29, 0.717) is 0 Å². The van der Waals surface area contributed by atoms with Gasteiger partial charge in [0.15, 0.2) is 5.65 Å². The molecule has 0 saturated heterocycles. The molecule has 86 valence electrons. The van der Waals surface area contributed by atoms with Crippen molar-refractivity contribution in [1.82, 2.24) is 15.0 Å². The fourth-order valence-corrected chi connectivity index (χ4v) is 1.81. The smallest absolute Gasteiger partial charge is 0.177 e. The van der Waals surface area contributed by atoms with Crippen LogP contribution in [0.3, 0.4) is 0 Å². The van der Waals surface area contributed by atoms with Gasteiger partial charge in [0.2, 0.25) is 0 Å². The summed E-state index contributed by atoms with van der Waals surface area (Å²) in [5, 5.41) is 0. The van der Waals surface area contributed by atoms with Crippen LogP contribution in [-0.2, 0) is 6.42 Å². The van der Waals surface area contributed by atoms with Crippen LogP contribution in [-0.4, -0.2) is 20.5 Å². The fourth-order valence-electron chi connectivity index (χ4n) is 1.48. The monoisotopic (exact) mass is 282 g/mol. The lowest BCUT2D eigenvalue weighted by atomic mass is 10.0. The average Bonchev–Trinajstić information content (AvgIpc) is 2.55. The van der Waals surface area contributed by atoms with Crippen LogP contribution in [0.25, 0.3) is 11.2 Å². The van der Waals surface area contributed by atoms with E-state index < -0.39 is 0 Å². The van der Waals surface area contributed by atoms with Crippen LogP contribution in [0.1, 0.15) is 26.1 Å². The van der Waals surface area contributed by atoms with Crippen molar-refractivity contribution >= 4 is 27.1 Å². The van der Waals surface area contributed by atoms with Gasteiger partial charge in [0, 0.05) is 22.6 Å². The SMILES string of the molecule is CC(C)(N)CCc1nc2ncc(Br)cc2[nH]1. The minimum absolute atomic E-state index is 0.160. The molecule has 4 nitrogen and oxygen atoms in total. The topological polar surface area (TPSA) is 67.6 Å². The molecule has 16 heavy (non-hydrogen) atoms. The molecule has 0 radical (unpaired) electrons. The Kier molecular flexibility index (Phi) is 2.99.